The van der Waals surface area contributed by atoms with Gasteiger partial charge in [-0.2, -0.15) is 0 Å². The van der Waals surface area contributed by atoms with Gasteiger partial charge in [-0.1, -0.05) is 25.0 Å². The Balaban J connectivity index is 1.61. The summed E-state index contributed by atoms with van der Waals surface area (Å²) in [7, 11) is 0. The number of carboxylic acids is 1. The molecule has 3 rings (SSSR count). The number of benzene rings is 1. The molecule has 1 saturated carbocycles. The number of amides is 2. The van der Waals surface area contributed by atoms with Crippen molar-refractivity contribution in [1.29, 1.82) is 0 Å². The molecular formula is C18H22N2O4S. The lowest BCUT2D eigenvalue weighted by Crippen LogP contribution is -2.46. The number of rotatable bonds is 5. The molecule has 0 spiro atoms. The predicted octanol–water partition coefficient (Wildman–Crippen LogP) is 2.34. The van der Waals surface area contributed by atoms with Gasteiger partial charge in [-0.25, -0.2) is 0 Å². The molecule has 0 radical (unpaired) electrons. The van der Waals surface area contributed by atoms with Gasteiger partial charge in [-0.3, -0.25) is 14.4 Å². The van der Waals surface area contributed by atoms with Crippen molar-refractivity contribution in [2.45, 2.75) is 38.1 Å². The third-order valence-corrected chi connectivity index (χ3v) is 5.76. The van der Waals surface area contributed by atoms with Gasteiger partial charge < -0.3 is 15.3 Å². The van der Waals surface area contributed by atoms with Crippen LogP contribution in [0.2, 0.25) is 0 Å². The molecule has 25 heavy (non-hydrogen) atoms. The Bertz CT molecular complexity index is 656. The first kappa shape index (κ1) is 17.8. The van der Waals surface area contributed by atoms with Gasteiger partial charge in [0.2, 0.25) is 11.8 Å². The Morgan fingerprint density at radius 2 is 1.84 bits per heavy atom. The molecule has 1 heterocycles. The molecule has 2 N–H and O–H groups in total. The lowest BCUT2D eigenvalue weighted by Gasteiger charge is -2.25. The number of anilines is 1. The number of nitrogens with one attached hydrogen (secondary N) is 1. The minimum atomic E-state index is -0.888. The van der Waals surface area contributed by atoms with E-state index in [2.05, 4.69) is 5.32 Å². The molecule has 2 amide bonds. The predicted molar refractivity (Wildman–Crippen MR) is 96.3 cm³/mol. The lowest BCUT2D eigenvalue weighted by molar-refractivity contribution is -0.139. The highest BCUT2D eigenvalue weighted by atomic mass is 32.2. The van der Waals surface area contributed by atoms with Crippen LogP contribution in [-0.2, 0) is 20.8 Å². The highest BCUT2D eigenvalue weighted by Gasteiger charge is 2.38. The first-order valence-electron chi connectivity index (χ1n) is 8.54. The standard InChI is InChI=1S/C18H22N2O4S/c21-16(22)9-12-5-7-14(8-6-12)19-17(23)15-10-25-11-20(15)18(24)13-3-1-2-4-13/h5-8,13,15H,1-4,9-11H2,(H,19,23)(H,21,22). The Hall–Kier alpha value is -2.02. The molecule has 1 saturated heterocycles. The molecular weight excluding hydrogens is 340 g/mol. The molecule has 7 heteroatoms. The molecule has 0 bridgehead atoms. The molecule has 1 atom stereocenters. The molecule has 2 aliphatic rings. The van der Waals surface area contributed by atoms with Crippen molar-refractivity contribution >= 4 is 35.2 Å². The van der Waals surface area contributed by atoms with Crippen LogP contribution in [-0.4, -0.2) is 45.5 Å². The minimum Gasteiger partial charge on any atom is -0.481 e. The molecule has 1 aliphatic heterocycles. The van der Waals surface area contributed by atoms with Gasteiger partial charge in [0.25, 0.3) is 0 Å². The van der Waals surface area contributed by atoms with Gasteiger partial charge in [-0.15, -0.1) is 11.8 Å². The third kappa shape index (κ3) is 4.34. The second kappa shape index (κ2) is 7.91. The molecule has 1 aliphatic carbocycles. The Morgan fingerprint density at radius 1 is 1.16 bits per heavy atom. The highest BCUT2D eigenvalue weighted by molar-refractivity contribution is 7.99. The number of carbonyl (C=O) groups excluding carboxylic acids is 2. The maximum atomic E-state index is 12.6. The summed E-state index contributed by atoms with van der Waals surface area (Å²) >= 11 is 1.60. The van der Waals surface area contributed by atoms with Gasteiger partial charge in [-0.05, 0) is 30.5 Å². The number of carbonyl (C=O) groups is 3. The van der Waals surface area contributed by atoms with Crippen LogP contribution in [0.1, 0.15) is 31.2 Å². The number of carboxylic acid groups (broad SMARTS) is 1. The van der Waals surface area contributed by atoms with Crippen LogP contribution in [0, 0.1) is 5.92 Å². The van der Waals surface area contributed by atoms with Crippen LogP contribution >= 0.6 is 11.8 Å². The number of nitrogens with zero attached hydrogens (tertiary/aromatic N) is 1. The second-order valence-electron chi connectivity index (χ2n) is 6.56. The fourth-order valence-corrected chi connectivity index (χ4v) is 4.55. The topological polar surface area (TPSA) is 86.7 Å². The summed E-state index contributed by atoms with van der Waals surface area (Å²) in [6.07, 6.45) is 4.00. The number of hydrogen-bond donors (Lipinski definition) is 2. The fourth-order valence-electron chi connectivity index (χ4n) is 3.39. The van der Waals surface area contributed by atoms with E-state index in [1.165, 1.54) is 0 Å². The van der Waals surface area contributed by atoms with E-state index in [0.717, 1.165) is 25.7 Å². The van der Waals surface area contributed by atoms with Gasteiger partial charge in [0, 0.05) is 17.4 Å². The lowest BCUT2D eigenvalue weighted by atomic mass is 10.1. The van der Waals surface area contributed by atoms with Crippen LogP contribution in [0.3, 0.4) is 0 Å². The van der Waals surface area contributed by atoms with Crippen LogP contribution in [0.15, 0.2) is 24.3 Å². The van der Waals surface area contributed by atoms with E-state index in [0.29, 0.717) is 22.9 Å². The molecule has 0 aromatic heterocycles. The summed E-state index contributed by atoms with van der Waals surface area (Å²) < 4.78 is 0. The first-order chi connectivity index (χ1) is 12.0. The molecule has 6 nitrogen and oxygen atoms in total. The van der Waals surface area contributed by atoms with Crippen molar-refractivity contribution in [1.82, 2.24) is 4.90 Å². The third-order valence-electron chi connectivity index (χ3n) is 4.75. The average molecular weight is 362 g/mol. The maximum Gasteiger partial charge on any atom is 0.307 e. The second-order valence-corrected chi connectivity index (χ2v) is 7.56. The Kier molecular flexibility index (Phi) is 5.63. The molecule has 1 aromatic rings. The van der Waals surface area contributed by atoms with E-state index >= 15 is 0 Å². The van der Waals surface area contributed by atoms with Crippen molar-refractivity contribution in [3.8, 4) is 0 Å². The van der Waals surface area contributed by atoms with Gasteiger partial charge in [0.1, 0.15) is 6.04 Å². The Morgan fingerprint density at radius 3 is 2.48 bits per heavy atom. The summed E-state index contributed by atoms with van der Waals surface area (Å²) in [6, 6.07) is 6.34. The highest BCUT2D eigenvalue weighted by Crippen LogP contribution is 2.31. The van der Waals surface area contributed by atoms with Crippen LogP contribution in [0.4, 0.5) is 5.69 Å². The number of thioether (sulfide) groups is 1. The summed E-state index contributed by atoms with van der Waals surface area (Å²) in [5.74, 6) is 0.304. The molecule has 134 valence electrons. The monoisotopic (exact) mass is 362 g/mol. The van der Waals surface area contributed by atoms with Crippen molar-refractivity contribution < 1.29 is 19.5 Å². The van der Waals surface area contributed by atoms with E-state index in [1.807, 2.05) is 0 Å². The summed E-state index contributed by atoms with van der Waals surface area (Å²) in [6.45, 7) is 0. The zero-order chi connectivity index (χ0) is 17.8. The number of hydrogen-bond acceptors (Lipinski definition) is 4. The zero-order valence-corrected chi connectivity index (χ0v) is 14.8. The normalized spacial score (nSPS) is 20.6. The van der Waals surface area contributed by atoms with E-state index in [-0.39, 0.29) is 24.2 Å². The van der Waals surface area contributed by atoms with Crippen molar-refractivity contribution in [3.05, 3.63) is 29.8 Å². The zero-order valence-electron chi connectivity index (χ0n) is 13.9. The smallest absolute Gasteiger partial charge is 0.307 e. The summed E-state index contributed by atoms with van der Waals surface area (Å²) in [5, 5.41) is 11.6. The minimum absolute atomic E-state index is 0.0445. The molecule has 1 unspecified atom stereocenters. The van der Waals surface area contributed by atoms with Crippen LogP contribution in [0.5, 0.6) is 0 Å². The van der Waals surface area contributed by atoms with E-state index < -0.39 is 12.0 Å². The van der Waals surface area contributed by atoms with Crippen LogP contribution < -0.4 is 5.32 Å². The first-order valence-corrected chi connectivity index (χ1v) is 9.70. The average Bonchev–Trinajstić information content (AvgIpc) is 3.27. The van der Waals surface area contributed by atoms with Gasteiger partial charge >= 0.3 is 5.97 Å². The van der Waals surface area contributed by atoms with Gasteiger partial charge in [0.15, 0.2) is 0 Å². The summed E-state index contributed by atoms with van der Waals surface area (Å²) in [4.78, 5) is 37.7. The number of aliphatic carboxylic acids is 1. The largest absolute Gasteiger partial charge is 0.481 e. The van der Waals surface area contributed by atoms with Crippen LogP contribution in [0.25, 0.3) is 0 Å². The quantitative estimate of drug-likeness (QED) is 0.840. The van der Waals surface area contributed by atoms with Crippen molar-refractivity contribution in [2.24, 2.45) is 5.92 Å². The van der Waals surface area contributed by atoms with E-state index in [9.17, 15) is 14.4 Å². The fraction of sp³-hybridized carbons (Fsp3) is 0.500. The Labute approximate surface area is 151 Å². The van der Waals surface area contributed by atoms with Gasteiger partial charge in [0.05, 0.1) is 12.3 Å². The van der Waals surface area contributed by atoms with E-state index in [4.69, 9.17) is 5.11 Å². The van der Waals surface area contributed by atoms with Crippen molar-refractivity contribution in [3.63, 3.8) is 0 Å². The molecule has 2 fully saturated rings. The molecule has 1 aromatic carbocycles. The van der Waals surface area contributed by atoms with E-state index in [1.54, 1.807) is 40.9 Å². The SMILES string of the molecule is O=C(O)Cc1ccc(NC(=O)C2CSCN2C(=O)C2CCCC2)cc1. The summed E-state index contributed by atoms with van der Waals surface area (Å²) in [5.41, 5.74) is 1.30. The van der Waals surface area contributed by atoms with Crippen molar-refractivity contribution in [2.75, 3.05) is 16.9 Å². The maximum absolute atomic E-state index is 12.6.